The fourth-order valence-corrected chi connectivity index (χ4v) is 6.13. The van der Waals surface area contributed by atoms with Gasteiger partial charge in [-0.1, -0.05) is 70.8 Å². The summed E-state index contributed by atoms with van der Waals surface area (Å²) in [4.78, 5) is 75.3. The van der Waals surface area contributed by atoms with Gasteiger partial charge >= 0.3 is 5.97 Å². The van der Waals surface area contributed by atoms with Crippen LogP contribution < -0.4 is 10.6 Å². The Balaban J connectivity index is 1.09. The summed E-state index contributed by atoms with van der Waals surface area (Å²) >= 11 is 0. The number of hydrogen-bond acceptors (Lipinski definition) is 11. The van der Waals surface area contributed by atoms with E-state index in [2.05, 4.69) is 17.6 Å². The minimum Gasteiger partial charge on any atom is -0.463 e. The summed E-state index contributed by atoms with van der Waals surface area (Å²) in [6.07, 6.45) is 13.9. The number of piperidine rings is 1. The van der Waals surface area contributed by atoms with Gasteiger partial charge in [-0.3, -0.25) is 39.0 Å². The van der Waals surface area contributed by atoms with Crippen LogP contribution in [-0.2, 0) is 42.9 Å². The third-order valence-electron chi connectivity index (χ3n) is 9.03. The summed E-state index contributed by atoms with van der Waals surface area (Å²) in [7, 11) is 0. The molecule has 1 saturated heterocycles. The van der Waals surface area contributed by atoms with Crippen LogP contribution in [0.2, 0.25) is 0 Å². The lowest BCUT2D eigenvalue weighted by molar-refractivity contribution is -0.145. The second-order valence-electron chi connectivity index (χ2n) is 13.3. The fraction of sp³-hybridized carbons (Fsp3) is 0.692. The predicted molar refractivity (Wildman–Crippen MR) is 196 cm³/mol. The summed E-state index contributed by atoms with van der Waals surface area (Å²) in [5.74, 6) is -2.87. The van der Waals surface area contributed by atoms with Crippen molar-refractivity contribution in [3.05, 3.63) is 29.3 Å². The van der Waals surface area contributed by atoms with E-state index in [1.165, 1.54) is 51.0 Å². The van der Waals surface area contributed by atoms with Crippen LogP contribution in [-0.4, -0.2) is 106 Å². The Morgan fingerprint density at radius 3 is 1.91 bits per heavy atom. The SMILES string of the molecule is CCCCCCCCCCCC(=O)OCCOCCOCCOCCOCCCCCC(=O)Nc1cccc2c1C(=O)N(C1CCC(=O)NC1=O)C2=O. The number of imide groups is 2. The molecule has 2 N–H and O–H groups in total. The van der Waals surface area contributed by atoms with Gasteiger partial charge in [0.05, 0.1) is 63.1 Å². The number of unbranched alkanes of at least 4 members (excludes halogenated alkanes) is 10. The number of amides is 5. The van der Waals surface area contributed by atoms with E-state index in [1.54, 1.807) is 12.1 Å². The number of rotatable bonds is 30. The van der Waals surface area contributed by atoms with E-state index in [1.807, 2.05) is 0 Å². The Bertz CT molecular complexity index is 1320. The molecule has 1 unspecified atom stereocenters. The molecule has 0 aromatic heterocycles. The maximum Gasteiger partial charge on any atom is 0.305 e. The van der Waals surface area contributed by atoms with E-state index in [0.717, 1.165) is 30.6 Å². The number of ether oxygens (including phenoxy) is 5. The van der Waals surface area contributed by atoms with Gasteiger partial charge < -0.3 is 29.0 Å². The Morgan fingerprint density at radius 2 is 1.26 bits per heavy atom. The Labute approximate surface area is 313 Å². The maximum atomic E-state index is 13.2. The van der Waals surface area contributed by atoms with Crippen molar-refractivity contribution in [3.8, 4) is 0 Å². The Hall–Kier alpha value is -3.72. The second kappa shape index (κ2) is 26.1. The van der Waals surface area contributed by atoms with Crippen molar-refractivity contribution >= 4 is 41.2 Å². The van der Waals surface area contributed by atoms with Crippen LogP contribution in [0, 0.1) is 0 Å². The van der Waals surface area contributed by atoms with E-state index < -0.39 is 29.7 Å². The minimum absolute atomic E-state index is 0.0300. The highest BCUT2D eigenvalue weighted by atomic mass is 16.6. The first-order chi connectivity index (χ1) is 25.8. The average Bonchev–Trinajstić information content (AvgIpc) is 3.39. The van der Waals surface area contributed by atoms with Gasteiger partial charge in [-0.05, 0) is 37.8 Å². The molecule has 1 aromatic rings. The normalized spacial score (nSPS) is 15.5. The van der Waals surface area contributed by atoms with Gasteiger partial charge in [-0.2, -0.15) is 0 Å². The largest absolute Gasteiger partial charge is 0.463 e. The monoisotopic (exact) mass is 745 g/mol. The zero-order chi connectivity index (χ0) is 38.1. The molecular formula is C39H59N3O11. The maximum absolute atomic E-state index is 13.2. The predicted octanol–water partition coefficient (Wildman–Crippen LogP) is 5.12. The van der Waals surface area contributed by atoms with Crippen LogP contribution in [0.25, 0.3) is 0 Å². The molecule has 296 valence electrons. The molecular weight excluding hydrogens is 686 g/mol. The number of esters is 1. The van der Waals surface area contributed by atoms with Gasteiger partial charge in [0.1, 0.15) is 12.6 Å². The number of anilines is 1. The smallest absolute Gasteiger partial charge is 0.305 e. The molecule has 53 heavy (non-hydrogen) atoms. The van der Waals surface area contributed by atoms with E-state index in [4.69, 9.17) is 23.7 Å². The van der Waals surface area contributed by atoms with Crippen LogP contribution in [0.15, 0.2) is 18.2 Å². The third kappa shape index (κ3) is 16.5. The van der Waals surface area contributed by atoms with Gasteiger partial charge in [0, 0.05) is 25.9 Å². The van der Waals surface area contributed by atoms with E-state index >= 15 is 0 Å². The number of carbonyl (C=O) groups excluding carboxylic acids is 6. The number of benzene rings is 1. The number of nitrogens with zero attached hydrogens (tertiary/aromatic N) is 1. The Kier molecular flexibility index (Phi) is 21.5. The minimum atomic E-state index is -1.07. The van der Waals surface area contributed by atoms with Crippen molar-refractivity contribution in [2.45, 2.75) is 116 Å². The van der Waals surface area contributed by atoms with Crippen LogP contribution in [0.5, 0.6) is 0 Å². The van der Waals surface area contributed by atoms with Crippen molar-refractivity contribution in [1.82, 2.24) is 10.2 Å². The lowest BCUT2D eigenvalue weighted by Gasteiger charge is -2.27. The first-order valence-electron chi connectivity index (χ1n) is 19.4. The lowest BCUT2D eigenvalue weighted by Crippen LogP contribution is -2.54. The lowest BCUT2D eigenvalue weighted by atomic mass is 10.0. The summed E-state index contributed by atoms with van der Waals surface area (Å²) < 4.78 is 27.2. The highest BCUT2D eigenvalue weighted by Crippen LogP contribution is 2.32. The quantitative estimate of drug-likeness (QED) is 0.0608. The first kappa shape index (κ1) is 43.7. The second-order valence-corrected chi connectivity index (χ2v) is 13.3. The summed E-state index contributed by atoms with van der Waals surface area (Å²) in [5.41, 5.74) is 0.386. The molecule has 1 atom stereocenters. The molecule has 2 heterocycles. The third-order valence-corrected chi connectivity index (χ3v) is 9.03. The zero-order valence-corrected chi connectivity index (χ0v) is 31.4. The van der Waals surface area contributed by atoms with Gasteiger partial charge in [0.2, 0.25) is 17.7 Å². The van der Waals surface area contributed by atoms with E-state index in [9.17, 15) is 28.8 Å². The molecule has 14 nitrogen and oxygen atoms in total. The van der Waals surface area contributed by atoms with Crippen LogP contribution >= 0.6 is 0 Å². The number of fused-ring (bicyclic) bond motifs is 1. The topological polar surface area (TPSA) is 176 Å². The molecule has 5 amide bonds. The van der Waals surface area contributed by atoms with Crippen molar-refractivity contribution in [1.29, 1.82) is 0 Å². The molecule has 0 bridgehead atoms. The van der Waals surface area contributed by atoms with E-state index in [0.29, 0.717) is 65.7 Å². The molecule has 14 heteroatoms. The van der Waals surface area contributed by atoms with Crippen LogP contribution in [0.3, 0.4) is 0 Å². The van der Waals surface area contributed by atoms with Crippen LogP contribution in [0.1, 0.15) is 130 Å². The van der Waals surface area contributed by atoms with Crippen molar-refractivity contribution in [2.75, 3.05) is 64.8 Å². The highest BCUT2D eigenvalue weighted by molar-refractivity contribution is 6.26. The standard InChI is InChI=1S/C39H59N3O11/c1-2-3-4-5-6-7-8-9-12-18-35(45)53-29-28-52-27-26-51-25-24-50-23-22-49-21-13-10-11-17-33(43)40-31-16-14-15-30-36(31)39(48)42(38(30)47)32-19-20-34(44)41-37(32)46/h14-16,32H,2-13,17-29H2,1H3,(H,40,43)(H,41,44,46). The first-order valence-corrected chi connectivity index (χ1v) is 19.4. The summed E-state index contributed by atoms with van der Waals surface area (Å²) in [6.45, 7) is 5.98. The average molecular weight is 746 g/mol. The number of nitrogens with one attached hydrogen (secondary N) is 2. The van der Waals surface area contributed by atoms with E-state index in [-0.39, 0.29) is 54.6 Å². The van der Waals surface area contributed by atoms with Gasteiger partial charge in [-0.15, -0.1) is 0 Å². The molecule has 1 fully saturated rings. The van der Waals surface area contributed by atoms with Crippen molar-refractivity contribution in [2.24, 2.45) is 0 Å². The molecule has 0 aliphatic carbocycles. The molecule has 0 radical (unpaired) electrons. The van der Waals surface area contributed by atoms with Gasteiger partial charge in [0.15, 0.2) is 0 Å². The molecule has 0 spiro atoms. The molecule has 2 aliphatic rings. The molecule has 3 rings (SSSR count). The van der Waals surface area contributed by atoms with Gasteiger partial charge in [0.25, 0.3) is 11.8 Å². The zero-order valence-electron chi connectivity index (χ0n) is 31.4. The summed E-state index contributed by atoms with van der Waals surface area (Å²) in [6, 6.07) is 3.53. The van der Waals surface area contributed by atoms with Gasteiger partial charge in [-0.25, -0.2) is 0 Å². The summed E-state index contributed by atoms with van der Waals surface area (Å²) in [5, 5.41) is 4.90. The molecule has 0 saturated carbocycles. The van der Waals surface area contributed by atoms with Crippen LogP contribution in [0.4, 0.5) is 5.69 Å². The fourth-order valence-electron chi connectivity index (χ4n) is 6.13. The number of carbonyl (C=O) groups is 6. The highest BCUT2D eigenvalue weighted by Gasteiger charge is 2.45. The molecule has 1 aromatic carbocycles. The van der Waals surface area contributed by atoms with Crippen molar-refractivity contribution in [3.63, 3.8) is 0 Å². The number of hydrogen-bond donors (Lipinski definition) is 2. The Morgan fingerprint density at radius 1 is 0.698 bits per heavy atom. The van der Waals surface area contributed by atoms with Crippen molar-refractivity contribution < 1.29 is 52.5 Å². The molecule has 2 aliphatic heterocycles.